The van der Waals surface area contributed by atoms with Gasteiger partial charge in [-0.05, 0) is 62.0 Å². The van der Waals surface area contributed by atoms with Gasteiger partial charge in [-0.3, -0.25) is 9.59 Å². The summed E-state index contributed by atoms with van der Waals surface area (Å²) in [6.45, 7) is 1.42. The van der Waals surface area contributed by atoms with Gasteiger partial charge in [0.2, 0.25) is 11.8 Å². The van der Waals surface area contributed by atoms with E-state index in [0.717, 1.165) is 44.9 Å². The number of aliphatic hydroxyl groups excluding tert-OH is 1. The van der Waals surface area contributed by atoms with Crippen molar-refractivity contribution in [1.29, 1.82) is 0 Å². The van der Waals surface area contributed by atoms with E-state index in [-0.39, 0.29) is 30.5 Å². The molecule has 2 fully saturated rings. The number of nitrogens with zero attached hydrogens (tertiary/aromatic N) is 2. The number of hydrogen-bond acceptors (Lipinski definition) is 3. The Morgan fingerprint density at radius 2 is 1.74 bits per heavy atom. The highest BCUT2D eigenvalue weighted by molar-refractivity contribution is 5.88. The lowest BCUT2D eigenvalue weighted by molar-refractivity contribution is -0.145. The minimum Gasteiger partial charge on any atom is -0.394 e. The van der Waals surface area contributed by atoms with Gasteiger partial charge in [0, 0.05) is 19.5 Å². The Hall–Kier alpha value is -1.88. The first kappa shape index (κ1) is 18.5. The minimum atomic E-state index is -0.319. The highest BCUT2D eigenvalue weighted by atomic mass is 16.3. The van der Waals surface area contributed by atoms with Crippen molar-refractivity contribution in [2.24, 2.45) is 5.92 Å². The van der Waals surface area contributed by atoms with E-state index in [1.807, 2.05) is 9.80 Å². The van der Waals surface area contributed by atoms with Crippen LogP contribution in [-0.4, -0.2) is 58.5 Å². The lowest BCUT2D eigenvalue weighted by Gasteiger charge is -2.32. The molecule has 0 unspecified atom stereocenters. The van der Waals surface area contributed by atoms with Gasteiger partial charge in [-0.1, -0.05) is 24.3 Å². The van der Waals surface area contributed by atoms with E-state index in [9.17, 15) is 14.7 Å². The van der Waals surface area contributed by atoms with Crippen LogP contribution in [0.1, 0.15) is 49.7 Å². The number of carbonyl (C=O) groups is 2. The van der Waals surface area contributed by atoms with E-state index in [2.05, 4.69) is 24.3 Å². The van der Waals surface area contributed by atoms with Crippen molar-refractivity contribution in [2.75, 3.05) is 19.7 Å². The highest BCUT2D eigenvalue weighted by Crippen LogP contribution is 2.30. The van der Waals surface area contributed by atoms with Crippen LogP contribution in [0.3, 0.4) is 0 Å². The molecule has 4 rings (SSSR count). The second-order valence-electron chi connectivity index (χ2n) is 8.34. The Morgan fingerprint density at radius 1 is 1.00 bits per heavy atom. The summed E-state index contributed by atoms with van der Waals surface area (Å²) in [4.78, 5) is 29.7. The number of fused-ring (bicyclic) bond motifs is 1. The first-order valence-corrected chi connectivity index (χ1v) is 10.4. The van der Waals surface area contributed by atoms with Crippen LogP contribution in [0.4, 0.5) is 0 Å². The highest BCUT2D eigenvalue weighted by Gasteiger charge is 2.40. The molecule has 0 bridgehead atoms. The van der Waals surface area contributed by atoms with Crippen LogP contribution in [-0.2, 0) is 22.4 Å². The van der Waals surface area contributed by atoms with Crippen molar-refractivity contribution >= 4 is 11.8 Å². The van der Waals surface area contributed by atoms with E-state index in [1.54, 1.807) is 0 Å². The first-order chi connectivity index (χ1) is 13.2. The zero-order chi connectivity index (χ0) is 18.8. The Bertz CT molecular complexity index is 705. The average molecular weight is 370 g/mol. The standard InChI is InChI=1S/C22H30N2O3/c25-15-19-7-3-11-23(19)22(27)20-8-4-12-24(20)21(26)14-16-9-10-17-5-1-2-6-18(17)13-16/h1-2,5-6,16,19-20,25H,3-4,7-15H2/t16-,19-,20-/m0/s1. The van der Waals surface area contributed by atoms with Gasteiger partial charge in [-0.2, -0.15) is 0 Å². The molecule has 0 radical (unpaired) electrons. The number of hydrogen-bond donors (Lipinski definition) is 1. The molecule has 2 heterocycles. The van der Waals surface area contributed by atoms with Crippen molar-refractivity contribution in [3.05, 3.63) is 35.4 Å². The van der Waals surface area contributed by atoms with Gasteiger partial charge in [0.25, 0.3) is 0 Å². The zero-order valence-corrected chi connectivity index (χ0v) is 16.0. The van der Waals surface area contributed by atoms with E-state index >= 15 is 0 Å². The van der Waals surface area contributed by atoms with Crippen molar-refractivity contribution in [3.8, 4) is 0 Å². The van der Waals surface area contributed by atoms with Gasteiger partial charge >= 0.3 is 0 Å². The molecular formula is C22H30N2O3. The monoisotopic (exact) mass is 370 g/mol. The second-order valence-corrected chi connectivity index (χ2v) is 8.34. The number of likely N-dealkylation sites (tertiary alicyclic amines) is 2. The molecule has 1 N–H and O–H groups in total. The van der Waals surface area contributed by atoms with Crippen LogP contribution in [0.15, 0.2) is 24.3 Å². The SMILES string of the molecule is O=C([C@@H]1CCCN1C(=O)C[C@H]1CCc2ccccc2C1)N1CCC[C@H]1CO. The predicted octanol–water partition coefficient (Wildman–Crippen LogP) is 2.16. The molecule has 2 aliphatic heterocycles. The smallest absolute Gasteiger partial charge is 0.245 e. The van der Waals surface area contributed by atoms with Crippen molar-refractivity contribution < 1.29 is 14.7 Å². The molecule has 0 saturated carbocycles. The van der Waals surface area contributed by atoms with Gasteiger partial charge < -0.3 is 14.9 Å². The quantitative estimate of drug-likeness (QED) is 0.883. The molecule has 3 atom stereocenters. The average Bonchev–Trinajstić information content (AvgIpc) is 3.36. The molecule has 2 saturated heterocycles. The summed E-state index contributed by atoms with van der Waals surface area (Å²) in [6.07, 6.45) is 7.06. The maximum atomic E-state index is 13.0. The summed E-state index contributed by atoms with van der Waals surface area (Å²) in [5, 5.41) is 9.53. The van der Waals surface area contributed by atoms with E-state index in [0.29, 0.717) is 25.4 Å². The van der Waals surface area contributed by atoms with E-state index in [1.165, 1.54) is 11.1 Å². The van der Waals surface area contributed by atoms with E-state index in [4.69, 9.17) is 0 Å². The summed E-state index contributed by atoms with van der Waals surface area (Å²) in [7, 11) is 0. The maximum absolute atomic E-state index is 13.0. The molecule has 1 aromatic carbocycles. The van der Waals surface area contributed by atoms with Gasteiger partial charge in [-0.15, -0.1) is 0 Å². The fourth-order valence-corrected chi connectivity index (χ4v) is 5.14. The molecule has 1 aliphatic carbocycles. The molecule has 0 aromatic heterocycles. The number of aryl methyl sites for hydroxylation is 1. The minimum absolute atomic E-state index is 0.0217. The third-order valence-electron chi connectivity index (χ3n) is 6.64. The number of amides is 2. The first-order valence-electron chi connectivity index (χ1n) is 10.4. The Morgan fingerprint density at radius 3 is 2.56 bits per heavy atom. The molecule has 27 heavy (non-hydrogen) atoms. The fourth-order valence-electron chi connectivity index (χ4n) is 5.14. The van der Waals surface area contributed by atoms with Crippen molar-refractivity contribution in [3.63, 3.8) is 0 Å². The van der Waals surface area contributed by atoms with Crippen LogP contribution >= 0.6 is 0 Å². The van der Waals surface area contributed by atoms with Crippen LogP contribution in [0, 0.1) is 5.92 Å². The molecule has 2 amide bonds. The third kappa shape index (κ3) is 3.75. The van der Waals surface area contributed by atoms with Crippen LogP contribution in [0.2, 0.25) is 0 Å². The number of benzene rings is 1. The van der Waals surface area contributed by atoms with Gasteiger partial charge in [0.15, 0.2) is 0 Å². The summed E-state index contributed by atoms with van der Waals surface area (Å²) in [5.74, 6) is 0.557. The van der Waals surface area contributed by atoms with Crippen molar-refractivity contribution in [1.82, 2.24) is 9.80 Å². The molecule has 3 aliphatic rings. The largest absolute Gasteiger partial charge is 0.394 e. The van der Waals surface area contributed by atoms with Crippen molar-refractivity contribution in [2.45, 2.75) is 63.5 Å². The number of carbonyl (C=O) groups excluding carboxylic acids is 2. The maximum Gasteiger partial charge on any atom is 0.245 e. The number of rotatable bonds is 4. The van der Waals surface area contributed by atoms with Crippen LogP contribution in [0.25, 0.3) is 0 Å². The molecule has 0 spiro atoms. The van der Waals surface area contributed by atoms with Gasteiger partial charge in [0.1, 0.15) is 6.04 Å². The molecule has 5 heteroatoms. The Kier molecular flexibility index (Phi) is 5.48. The van der Waals surface area contributed by atoms with Gasteiger partial charge in [-0.25, -0.2) is 0 Å². The van der Waals surface area contributed by atoms with Crippen LogP contribution < -0.4 is 0 Å². The normalized spacial score (nSPS) is 27.7. The summed E-state index contributed by atoms with van der Waals surface area (Å²) < 4.78 is 0. The summed E-state index contributed by atoms with van der Waals surface area (Å²) in [6, 6.07) is 8.15. The topological polar surface area (TPSA) is 60.9 Å². The predicted molar refractivity (Wildman–Crippen MR) is 103 cm³/mol. The van der Waals surface area contributed by atoms with E-state index < -0.39 is 0 Å². The molecule has 5 nitrogen and oxygen atoms in total. The lowest BCUT2D eigenvalue weighted by atomic mass is 9.82. The molecule has 1 aromatic rings. The molecule has 146 valence electrons. The summed E-state index contributed by atoms with van der Waals surface area (Å²) in [5.41, 5.74) is 2.79. The zero-order valence-electron chi connectivity index (χ0n) is 16.0. The number of aliphatic hydroxyl groups is 1. The molecular weight excluding hydrogens is 340 g/mol. The Labute approximate surface area is 161 Å². The van der Waals surface area contributed by atoms with Gasteiger partial charge in [0.05, 0.1) is 12.6 Å². The Balaban J connectivity index is 1.39. The summed E-state index contributed by atoms with van der Waals surface area (Å²) >= 11 is 0. The van der Waals surface area contributed by atoms with Crippen LogP contribution in [0.5, 0.6) is 0 Å². The lowest BCUT2D eigenvalue weighted by Crippen LogP contribution is -2.50. The third-order valence-corrected chi connectivity index (χ3v) is 6.64. The fraction of sp³-hybridized carbons (Fsp3) is 0.636. The second kappa shape index (κ2) is 8.01.